The molecule has 122 valence electrons. The molecule has 1 N–H and O–H groups in total. The second kappa shape index (κ2) is 7.10. The summed E-state index contributed by atoms with van der Waals surface area (Å²) in [6, 6.07) is 19.8. The fraction of sp³-hybridized carbons (Fsp3) is 0.158. The van der Waals surface area contributed by atoms with E-state index in [9.17, 15) is 4.79 Å². The minimum Gasteiger partial charge on any atom is -0.285 e. The van der Waals surface area contributed by atoms with Gasteiger partial charge in [-0.05, 0) is 5.56 Å². The molecule has 5 nitrogen and oxygen atoms in total. The molecule has 0 fully saturated rings. The molecule has 0 bridgehead atoms. The van der Waals surface area contributed by atoms with E-state index in [1.54, 1.807) is 25.3 Å². The Labute approximate surface area is 141 Å². The number of nitrogens with zero attached hydrogens (tertiary/aromatic N) is 3. The minimum atomic E-state index is -0.168. The fourth-order valence-corrected chi connectivity index (χ4v) is 2.51. The lowest BCUT2D eigenvalue weighted by molar-refractivity contribution is 0.0857. The number of hydrogen-bond donors (Lipinski definition) is 1. The maximum Gasteiger partial charge on any atom is 0.269 e. The Morgan fingerprint density at radius 3 is 2.29 bits per heavy atom. The average Bonchev–Trinajstić information content (AvgIpc) is 3.00. The summed E-state index contributed by atoms with van der Waals surface area (Å²) in [6.07, 6.45) is 1.80. The molecular weight excluding hydrogens is 300 g/mol. The molecule has 2 aromatic carbocycles. The van der Waals surface area contributed by atoms with Crippen LogP contribution in [0.3, 0.4) is 0 Å². The molecule has 0 saturated heterocycles. The number of benzene rings is 2. The van der Waals surface area contributed by atoms with Gasteiger partial charge in [0, 0.05) is 25.9 Å². The molecule has 0 radical (unpaired) electrons. The topological polar surface area (TPSA) is 50.2 Å². The molecular formula is C19H20N4O. The molecule has 0 saturated carbocycles. The largest absolute Gasteiger partial charge is 0.285 e. The van der Waals surface area contributed by atoms with E-state index >= 15 is 0 Å². The molecule has 1 aromatic heterocycles. The van der Waals surface area contributed by atoms with Gasteiger partial charge in [0.2, 0.25) is 0 Å². The van der Waals surface area contributed by atoms with Gasteiger partial charge in [-0.25, -0.2) is 5.01 Å². The van der Waals surface area contributed by atoms with Crippen molar-refractivity contribution >= 4 is 5.91 Å². The van der Waals surface area contributed by atoms with Crippen molar-refractivity contribution in [3.63, 3.8) is 0 Å². The first-order valence-corrected chi connectivity index (χ1v) is 7.78. The Morgan fingerprint density at radius 1 is 1.04 bits per heavy atom. The van der Waals surface area contributed by atoms with Gasteiger partial charge in [-0.1, -0.05) is 60.7 Å². The molecule has 24 heavy (non-hydrogen) atoms. The van der Waals surface area contributed by atoms with Crippen LogP contribution >= 0.6 is 0 Å². The van der Waals surface area contributed by atoms with E-state index in [1.165, 1.54) is 0 Å². The zero-order valence-electron chi connectivity index (χ0n) is 13.8. The van der Waals surface area contributed by atoms with Crippen LogP contribution in [0, 0.1) is 0 Å². The molecule has 1 amide bonds. The predicted molar refractivity (Wildman–Crippen MR) is 94.4 cm³/mol. The Morgan fingerprint density at radius 2 is 1.67 bits per heavy atom. The Balaban J connectivity index is 1.97. The molecule has 0 aliphatic heterocycles. The highest BCUT2D eigenvalue weighted by Crippen LogP contribution is 2.22. The van der Waals surface area contributed by atoms with Crippen LogP contribution in [-0.2, 0) is 6.54 Å². The lowest BCUT2D eigenvalue weighted by Crippen LogP contribution is -2.36. The Bertz CT molecular complexity index is 810. The van der Waals surface area contributed by atoms with E-state index in [0.717, 1.165) is 11.1 Å². The number of hydrazine groups is 1. The van der Waals surface area contributed by atoms with E-state index < -0.39 is 0 Å². The number of aromatic nitrogens is 2. The molecule has 0 spiro atoms. The summed E-state index contributed by atoms with van der Waals surface area (Å²) >= 11 is 0. The van der Waals surface area contributed by atoms with Crippen LogP contribution in [0.25, 0.3) is 11.3 Å². The van der Waals surface area contributed by atoms with Gasteiger partial charge < -0.3 is 0 Å². The van der Waals surface area contributed by atoms with Crippen LogP contribution in [0.1, 0.15) is 15.9 Å². The van der Waals surface area contributed by atoms with Crippen molar-refractivity contribution in [2.45, 2.75) is 6.54 Å². The van der Waals surface area contributed by atoms with Gasteiger partial charge in [0.15, 0.2) is 0 Å². The Kier molecular flexibility index (Phi) is 4.72. The van der Waals surface area contributed by atoms with Crippen LogP contribution in [0.15, 0.2) is 66.9 Å². The van der Waals surface area contributed by atoms with Gasteiger partial charge in [-0.2, -0.15) is 5.10 Å². The normalized spacial score (nSPS) is 10.8. The van der Waals surface area contributed by atoms with Gasteiger partial charge in [-0.3, -0.25) is 14.9 Å². The fourth-order valence-electron chi connectivity index (χ4n) is 2.51. The van der Waals surface area contributed by atoms with Crippen molar-refractivity contribution in [1.82, 2.24) is 20.2 Å². The van der Waals surface area contributed by atoms with Crippen LogP contribution in [0.2, 0.25) is 0 Å². The van der Waals surface area contributed by atoms with Crippen molar-refractivity contribution in [2.75, 3.05) is 14.1 Å². The standard InChI is InChI=1S/C19H20N4O/c1-22(2)21-19(24)17-14-23(13-15-9-5-3-6-10-15)20-18(17)16-11-7-4-8-12-16/h3-12,14H,13H2,1-2H3,(H,21,24). The van der Waals surface area contributed by atoms with Crippen LogP contribution in [0.4, 0.5) is 0 Å². The van der Waals surface area contributed by atoms with Crippen molar-refractivity contribution in [2.24, 2.45) is 0 Å². The second-order valence-corrected chi connectivity index (χ2v) is 5.78. The molecule has 0 unspecified atom stereocenters. The number of carbonyl (C=O) groups excluding carboxylic acids is 1. The summed E-state index contributed by atoms with van der Waals surface area (Å²) in [7, 11) is 3.57. The van der Waals surface area contributed by atoms with Gasteiger partial charge >= 0.3 is 0 Å². The highest BCUT2D eigenvalue weighted by Gasteiger charge is 2.18. The van der Waals surface area contributed by atoms with Crippen LogP contribution in [0.5, 0.6) is 0 Å². The van der Waals surface area contributed by atoms with E-state index in [4.69, 9.17) is 0 Å². The quantitative estimate of drug-likeness (QED) is 0.736. The van der Waals surface area contributed by atoms with Gasteiger partial charge in [-0.15, -0.1) is 0 Å². The molecule has 0 atom stereocenters. The second-order valence-electron chi connectivity index (χ2n) is 5.78. The van der Waals surface area contributed by atoms with Crippen molar-refractivity contribution in [3.05, 3.63) is 78.0 Å². The smallest absolute Gasteiger partial charge is 0.269 e. The molecule has 3 aromatic rings. The van der Waals surface area contributed by atoms with E-state index in [0.29, 0.717) is 17.8 Å². The average molecular weight is 320 g/mol. The monoisotopic (exact) mass is 320 g/mol. The summed E-state index contributed by atoms with van der Waals surface area (Å²) in [5.74, 6) is -0.168. The van der Waals surface area contributed by atoms with Crippen molar-refractivity contribution in [1.29, 1.82) is 0 Å². The summed E-state index contributed by atoms with van der Waals surface area (Å²) in [5.41, 5.74) is 6.10. The van der Waals surface area contributed by atoms with Gasteiger partial charge in [0.05, 0.1) is 12.1 Å². The first-order valence-electron chi connectivity index (χ1n) is 7.78. The maximum atomic E-state index is 12.5. The third-order valence-corrected chi connectivity index (χ3v) is 3.57. The molecule has 1 heterocycles. The van der Waals surface area contributed by atoms with Gasteiger partial charge in [0.25, 0.3) is 5.91 Å². The van der Waals surface area contributed by atoms with Crippen LogP contribution < -0.4 is 5.43 Å². The number of amides is 1. The summed E-state index contributed by atoms with van der Waals surface area (Å²) in [4.78, 5) is 12.5. The highest BCUT2D eigenvalue weighted by molar-refractivity contribution is 5.99. The number of carbonyl (C=O) groups is 1. The predicted octanol–water partition coefficient (Wildman–Crippen LogP) is 2.80. The zero-order valence-corrected chi connectivity index (χ0v) is 13.8. The number of nitrogens with one attached hydrogen (secondary N) is 1. The van der Waals surface area contributed by atoms with Crippen molar-refractivity contribution in [3.8, 4) is 11.3 Å². The van der Waals surface area contributed by atoms with Gasteiger partial charge in [0.1, 0.15) is 5.69 Å². The lowest BCUT2D eigenvalue weighted by Gasteiger charge is -2.11. The first kappa shape index (κ1) is 16.0. The summed E-state index contributed by atoms with van der Waals surface area (Å²) in [6.45, 7) is 0.621. The van der Waals surface area contributed by atoms with E-state index in [1.807, 2.05) is 65.3 Å². The summed E-state index contributed by atoms with van der Waals surface area (Å²) in [5, 5.41) is 6.27. The molecule has 0 aliphatic carbocycles. The van der Waals surface area contributed by atoms with E-state index in [-0.39, 0.29) is 5.91 Å². The molecule has 5 heteroatoms. The van der Waals surface area contributed by atoms with Crippen LogP contribution in [-0.4, -0.2) is 34.8 Å². The third-order valence-electron chi connectivity index (χ3n) is 3.57. The Hall–Kier alpha value is -2.92. The zero-order chi connectivity index (χ0) is 16.9. The number of rotatable bonds is 5. The minimum absolute atomic E-state index is 0.168. The van der Waals surface area contributed by atoms with E-state index in [2.05, 4.69) is 10.5 Å². The molecule has 3 rings (SSSR count). The first-order chi connectivity index (χ1) is 11.6. The lowest BCUT2D eigenvalue weighted by atomic mass is 10.1. The molecule has 0 aliphatic rings. The number of hydrogen-bond acceptors (Lipinski definition) is 3. The maximum absolute atomic E-state index is 12.5. The highest BCUT2D eigenvalue weighted by atomic mass is 16.2. The summed E-state index contributed by atoms with van der Waals surface area (Å²) < 4.78 is 1.81. The third kappa shape index (κ3) is 3.70. The van der Waals surface area contributed by atoms with Crippen molar-refractivity contribution < 1.29 is 4.79 Å². The SMILES string of the molecule is CN(C)NC(=O)c1cn(Cc2ccccc2)nc1-c1ccccc1.